The highest BCUT2D eigenvalue weighted by Gasteiger charge is 2.18. The molecule has 0 atom stereocenters. The van der Waals surface area contributed by atoms with Gasteiger partial charge in [0.2, 0.25) is 0 Å². The Labute approximate surface area is 118 Å². The fourth-order valence-corrected chi connectivity index (χ4v) is 1.72. The summed E-state index contributed by atoms with van der Waals surface area (Å²) in [5, 5.41) is 25.9. The Morgan fingerprint density at radius 2 is 2.10 bits per heavy atom. The first kappa shape index (κ1) is 14.2. The minimum absolute atomic E-state index is 0.150. The van der Waals surface area contributed by atoms with Crippen LogP contribution in [0.15, 0.2) is 30.5 Å². The molecular formula is C12H10N4O5. The summed E-state index contributed by atoms with van der Waals surface area (Å²) < 4.78 is 1.30. The van der Waals surface area contributed by atoms with Crippen LogP contribution in [0.3, 0.4) is 0 Å². The molecule has 0 aliphatic rings. The number of nitrogens with zero attached hydrogens (tertiary/aromatic N) is 3. The molecule has 0 fully saturated rings. The lowest BCUT2D eigenvalue weighted by Gasteiger charge is -2.08. The van der Waals surface area contributed by atoms with Crippen molar-refractivity contribution in [1.29, 1.82) is 0 Å². The van der Waals surface area contributed by atoms with Crippen LogP contribution in [0.2, 0.25) is 0 Å². The Morgan fingerprint density at radius 1 is 1.38 bits per heavy atom. The Hall–Kier alpha value is -3.23. The second-order valence-electron chi connectivity index (χ2n) is 4.09. The van der Waals surface area contributed by atoms with Crippen molar-refractivity contribution in [3.05, 3.63) is 51.8 Å². The molecule has 0 saturated heterocycles. The fourth-order valence-electron chi connectivity index (χ4n) is 1.72. The number of aromatic carboxylic acids is 1. The van der Waals surface area contributed by atoms with Crippen LogP contribution in [-0.2, 0) is 7.05 Å². The number of carboxylic acid groups (broad SMARTS) is 1. The molecule has 2 aromatic rings. The van der Waals surface area contributed by atoms with Crippen molar-refractivity contribution >= 4 is 23.3 Å². The molecule has 21 heavy (non-hydrogen) atoms. The number of hydrogen-bond acceptors (Lipinski definition) is 5. The van der Waals surface area contributed by atoms with Crippen molar-refractivity contribution in [1.82, 2.24) is 9.78 Å². The first-order chi connectivity index (χ1) is 9.90. The van der Waals surface area contributed by atoms with Crippen LogP contribution in [0, 0.1) is 10.1 Å². The second kappa shape index (κ2) is 5.41. The number of carbonyl (C=O) groups is 2. The smallest absolute Gasteiger partial charge is 0.337 e. The van der Waals surface area contributed by atoms with E-state index in [-0.39, 0.29) is 22.6 Å². The van der Waals surface area contributed by atoms with Crippen LogP contribution in [0.4, 0.5) is 11.4 Å². The van der Waals surface area contributed by atoms with Gasteiger partial charge >= 0.3 is 5.97 Å². The lowest BCUT2D eigenvalue weighted by Crippen LogP contribution is -2.18. The van der Waals surface area contributed by atoms with E-state index in [0.29, 0.717) is 0 Å². The molecule has 2 N–H and O–H groups in total. The van der Waals surface area contributed by atoms with E-state index in [1.165, 1.54) is 16.9 Å². The standard InChI is InChI=1S/C12H10N4O5/c1-15-10(4-5-13-15)11(17)14-9-6-7(16(20)21)2-3-8(9)12(18)19/h2-6H,1H3,(H,14,17)(H,18,19). The van der Waals surface area contributed by atoms with Crippen LogP contribution >= 0.6 is 0 Å². The number of anilines is 1. The molecule has 0 spiro atoms. The fraction of sp³-hybridized carbons (Fsp3) is 0.0833. The number of carboxylic acids is 1. The number of nitro benzene ring substituents is 1. The highest BCUT2D eigenvalue weighted by atomic mass is 16.6. The predicted octanol–water partition coefficient (Wildman–Crippen LogP) is 1.28. The van der Waals surface area contributed by atoms with Gasteiger partial charge in [0, 0.05) is 25.4 Å². The van der Waals surface area contributed by atoms with Crippen molar-refractivity contribution in [2.75, 3.05) is 5.32 Å². The summed E-state index contributed by atoms with van der Waals surface area (Å²) >= 11 is 0. The SMILES string of the molecule is Cn1nccc1C(=O)Nc1cc([N+](=O)[O-])ccc1C(=O)O. The number of hydrogen-bond donors (Lipinski definition) is 2. The predicted molar refractivity (Wildman–Crippen MR) is 71.2 cm³/mol. The topological polar surface area (TPSA) is 127 Å². The quantitative estimate of drug-likeness (QED) is 0.644. The minimum atomic E-state index is -1.30. The number of nitrogens with one attached hydrogen (secondary N) is 1. The zero-order chi connectivity index (χ0) is 15.6. The van der Waals surface area contributed by atoms with E-state index in [9.17, 15) is 19.7 Å². The largest absolute Gasteiger partial charge is 0.478 e. The number of carbonyl (C=O) groups excluding carboxylic acids is 1. The van der Waals surface area contributed by atoms with Gasteiger partial charge in [0.25, 0.3) is 11.6 Å². The zero-order valence-corrected chi connectivity index (χ0v) is 10.8. The molecule has 1 amide bonds. The molecule has 0 unspecified atom stereocenters. The molecule has 0 aliphatic heterocycles. The second-order valence-corrected chi connectivity index (χ2v) is 4.09. The minimum Gasteiger partial charge on any atom is -0.478 e. The molecular weight excluding hydrogens is 280 g/mol. The van der Waals surface area contributed by atoms with Crippen LogP contribution in [0.1, 0.15) is 20.8 Å². The Morgan fingerprint density at radius 3 is 2.62 bits per heavy atom. The van der Waals surface area contributed by atoms with Crippen molar-refractivity contribution in [3.8, 4) is 0 Å². The van der Waals surface area contributed by atoms with E-state index in [1.807, 2.05) is 0 Å². The van der Waals surface area contributed by atoms with Crippen molar-refractivity contribution < 1.29 is 19.6 Å². The lowest BCUT2D eigenvalue weighted by molar-refractivity contribution is -0.384. The van der Waals surface area contributed by atoms with Crippen molar-refractivity contribution in [2.24, 2.45) is 7.05 Å². The summed E-state index contributed by atoms with van der Waals surface area (Å²) in [5.41, 5.74) is -0.517. The van der Waals surface area contributed by atoms with Gasteiger partial charge in [-0.1, -0.05) is 0 Å². The number of benzene rings is 1. The molecule has 1 heterocycles. The molecule has 108 valence electrons. The van der Waals surface area contributed by atoms with Gasteiger partial charge in [0.05, 0.1) is 16.2 Å². The van der Waals surface area contributed by atoms with E-state index in [2.05, 4.69) is 10.4 Å². The van der Waals surface area contributed by atoms with E-state index in [1.54, 1.807) is 7.05 Å². The highest BCUT2D eigenvalue weighted by Crippen LogP contribution is 2.23. The van der Waals surface area contributed by atoms with Crippen LogP contribution in [-0.4, -0.2) is 31.7 Å². The number of aromatic nitrogens is 2. The van der Waals surface area contributed by atoms with Gasteiger partial charge in [-0.3, -0.25) is 19.6 Å². The van der Waals surface area contributed by atoms with Gasteiger partial charge in [-0.25, -0.2) is 4.79 Å². The maximum absolute atomic E-state index is 12.0. The first-order valence-electron chi connectivity index (χ1n) is 5.71. The molecule has 0 bridgehead atoms. The third-order valence-corrected chi connectivity index (χ3v) is 2.75. The lowest BCUT2D eigenvalue weighted by atomic mass is 10.1. The average Bonchev–Trinajstić information content (AvgIpc) is 2.84. The molecule has 9 heteroatoms. The third kappa shape index (κ3) is 2.86. The maximum Gasteiger partial charge on any atom is 0.337 e. The van der Waals surface area contributed by atoms with E-state index >= 15 is 0 Å². The van der Waals surface area contributed by atoms with Gasteiger partial charge in [0.1, 0.15) is 5.69 Å². The van der Waals surface area contributed by atoms with Crippen molar-refractivity contribution in [2.45, 2.75) is 0 Å². The van der Waals surface area contributed by atoms with Crippen LogP contribution < -0.4 is 5.32 Å². The molecule has 0 aliphatic carbocycles. The molecule has 0 saturated carbocycles. The van der Waals surface area contributed by atoms with Gasteiger partial charge in [0.15, 0.2) is 0 Å². The average molecular weight is 290 g/mol. The Kier molecular flexibility index (Phi) is 3.65. The monoisotopic (exact) mass is 290 g/mol. The summed E-state index contributed by atoms with van der Waals surface area (Å²) in [6.45, 7) is 0. The maximum atomic E-state index is 12.0. The Balaban J connectivity index is 2.39. The van der Waals surface area contributed by atoms with E-state index in [4.69, 9.17) is 5.11 Å². The number of non-ortho nitro benzene ring substituents is 1. The highest BCUT2D eigenvalue weighted by molar-refractivity contribution is 6.07. The number of aryl methyl sites for hydroxylation is 1. The normalized spacial score (nSPS) is 10.1. The van der Waals surface area contributed by atoms with Gasteiger partial charge in [-0.2, -0.15) is 5.10 Å². The van der Waals surface area contributed by atoms with Crippen molar-refractivity contribution in [3.63, 3.8) is 0 Å². The molecule has 9 nitrogen and oxygen atoms in total. The van der Waals surface area contributed by atoms with Gasteiger partial charge < -0.3 is 10.4 Å². The van der Waals surface area contributed by atoms with E-state index < -0.39 is 16.8 Å². The summed E-state index contributed by atoms with van der Waals surface area (Å²) in [7, 11) is 1.54. The number of nitro groups is 1. The number of rotatable bonds is 4. The van der Waals surface area contributed by atoms with Gasteiger partial charge in [-0.05, 0) is 12.1 Å². The summed E-state index contributed by atoms with van der Waals surface area (Å²) in [4.78, 5) is 33.2. The van der Waals surface area contributed by atoms with E-state index in [0.717, 1.165) is 18.2 Å². The summed E-state index contributed by atoms with van der Waals surface area (Å²) in [5.74, 6) is -1.91. The zero-order valence-electron chi connectivity index (χ0n) is 10.8. The summed E-state index contributed by atoms with van der Waals surface area (Å²) in [6.07, 6.45) is 1.40. The number of amides is 1. The molecule has 0 radical (unpaired) electrons. The van der Waals surface area contributed by atoms with Crippen LogP contribution in [0.5, 0.6) is 0 Å². The Bertz CT molecular complexity index is 737. The summed E-state index contributed by atoms with van der Waals surface area (Å²) in [6, 6.07) is 4.56. The molecule has 1 aromatic carbocycles. The molecule has 2 rings (SSSR count). The van der Waals surface area contributed by atoms with Gasteiger partial charge in [-0.15, -0.1) is 0 Å². The third-order valence-electron chi connectivity index (χ3n) is 2.75. The van der Waals surface area contributed by atoms with Crippen LogP contribution in [0.25, 0.3) is 0 Å². The first-order valence-corrected chi connectivity index (χ1v) is 5.71. The molecule has 1 aromatic heterocycles.